The predicted molar refractivity (Wildman–Crippen MR) is 29.7 cm³/mol. The molecule has 0 aromatic carbocycles. The standard InChI is InChI=1S/C6H11ClO4/c1-2-3-4-5-6-11-7(8,9)10/h5-6H,2-4H2,1H3/b6-5+. The largest absolute Gasteiger partial charge is 0.249 e. The van der Waals surface area contributed by atoms with Gasteiger partial charge in [-0.05, 0) is 18.9 Å². The molecule has 4 nitrogen and oxygen atoms in total. The summed E-state index contributed by atoms with van der Waals surface area (Å²) in [6.07, 6.45) is 5.11. The molecule has 0 aliphatic carbocycles. The monoisotopic (exact) mass is 182 g/mol. The van der Waals surface area contributed by atoms with Gasteiger partial charge in [0.1, 0.15) is 10.2 Å². The third-order valence-electron chi connectivity index (χ3n) is 0.981. The first-order valence-electron chi connectivity index (χ1n) is 3.30. The Hall–Kier alpha value is -0.290. The highest BCUT2D eigenvalue weighted by Gasteiger charge is 2.11. The summed E-state index contributed by atoms with van der Waals surface area (Å²) in [6.45, 7) is 2.01. The van der Waals surface area contributed by atoms with E-state index in [2.05, 4.69) is 4.29 Å². The average molecular weight is 183 g/mol. The molecule has 0 bridgehead atoms. The van der Waals surface area contributed by atoms with Gasteiger partial charge in [0.15, 0.2) is 0 Å². The van der Waals surface area contributed by atoms with E-state index in [1.54, 1.807) is 0 Å². The lowest BCUT2D eigenvalue weighted by molar-refractivity contribution is -1.92. The fraction of sp³-hybridized carbons (Fsp3) is 0.667. The zero-order valence-corrected chi connectivity index (χ0v) is 7.04. The second-order valence-corrected chi connectivity index (χ2v) is 2.92. The Morgan fingerprint density at radius 1 is 1.36 bits per heavy atom. The van der Waals surface area contributed by atoms with Crippen molar-refractivity contribution in [3.8, 4) is 0 Å². The van der Waals surface area contributed by atoms with Gasteiger partial charge in [0, 0.05) is 0 Å². The Bertz CT molecular complexity index is 118. The molecule has 0 N–H and O–H groups in total. The van der Waals surface area contributed by atoms with Gasteiger partial charge in [0.25, 0.3) is 0 Å². The molecule has 0 aromatic heterocycles. The van der Waals surface area contributed by atoms with E-state index in [1.165, 1.54) is 6.08 Å². The summed E-state index contributed by atoms with van der Waals surface area (Å²) >= 11 is 0. The maximum Gasteiger partial charge on any atom is 0.249 e. The lowest BCUT2D eigenvalue weighted by Crippen LogP contribution is -2.60. The Balaban J connectivity index is 3.30. The molecular weight excluding hydrogens is 172 g/mol. The maximum atomic E-state index is 9.81. The maximum absolute atomic E-state index is 9.81. The molecule has 0 amide bonds. The number of halogens is 1. The van der Waals surface area contributed by atoms with Crippen LogP contribution in [0.1, 0.15) is 26.2 Å². The van der Waals surface area contributed by atoms with Gasteiger partial charge in [-0.1, -0.05) is 17.6 Å². The molecule has 0 unspecified atom stereocenters. The van der Waals surface area contributed by atoms with Gasteiger partial charge in [-0.15, -0.1) is 0 Å². The summed E-state index contributed by atoms with van der Waals surface area (Å²) in [4.78, 5) is 0. The number of hydrogen-bond donors (Lipinski definition) is 0. The highest BCUT2D eigenvalue weighted by atomic mass is 35.7. The van der Waals surface area contributed by atoms with Crippen molar-refractivity contribution in [2.45, 2.75) is 26.2 Å². The number of rotatable bonds is 5. The molecule has 0 saturated carbocycles. The van der Waals surface area contributed by atoms with Crippen LogP contribution in [0.4, 0.5) is 0 Å². The molecule has 0 atom stereocenters. The lowest BCUT2D eigenvalue weighted by atomic mass is 10.2. The average Bonchev–Trinajstić information content (AvgIpc) is 1.85. The number of allylic oxidation sites excluding steroid dienone is 1. The minimum absolute atomic E-state index is 0.724. The molecular formula is C6H11ClO4. The van der Waals surface area contributed by atoms with Crippen LogP contribution >= 0.6 is 0 Å². The van der Waals surface area contributed by atoms with Crippen molar-refractivity contribution in [1.82, 2.24) is 0 Å². The summed E-state index contributed by atoms with van der Waals surface area (Å²) in [7, 11) is -4.30. The third kappa shape index (κ3) is 9.71. The van der Waals surface area contributed by atoms with Crippen LogP contribution in [-0.4, -0.2) is 0 Å². The molecule has 0 fully saturated rings. The molecule has 0 radical (unpaired) electrons. The minimum atomic E-state index is -4.30. The molecule has 0 spiro atoms. The first-order valence-corrected chi connectivity index (χ1v) is 4.54. The van der Waals surface area contributed by atoms with Crippen molar-refractivity contribution in [1.29, 1.82) is 0 Å². The van der Waals surface area contributed by atoms with Gasteiger partial charge < -0.3 is 0 Å². The van der Waals surface area contributed by atoms with E-state index < -0.39 is 10.2 Å². The quantitative estimate of drug-likeness (QED) is 0.387. The molecule has 0 aromatic rings. The van der Waals surface area contributed by atoms with Crippen molar-refractivity contribution < 1.29 is 28.5 Å². The first-order chi connectivity index (χ1) is 5.06. The predicted octanol–water partition coefficient (Wildman–Crippen LogP) is -1.40. The van der Waals surface area contributed by atoms with Gasteiger partial charge >= 0.3 is 0 Å². The van der Waals surface area contributed by atoms with Gasteiger partial charge in [-0.3, -0.25) is 0 Å². The molecule has 66 valence electrons. The summed E-state index contributed by atoms with van der Waals surface area (Å²) in [5, 5.41) is 0. The zero-order valence-electron chi connectivity index (χ0n) is 6.29. The molecule has 0 aliphatic heterocycles. The van der Waals surface area contributed by atoms with Crippen LogP contribution in [0.5, 0.6) is 0 Å². The zero-order chi connectivity index (χ0) is 8.74. The smallest absolute Gasteiger partial charge is 0.167 e. The third-order valence-corrected chi connectivity index (χ3v) is 1.30. The van der Waals surface area contributed by atoms with Crippen molar-refractivity contribution in [3.63, 3.8) is 0 Å². The lowest BCUT2D eigenvalue weighted by Gasteiger charge is -2.09. The van der Waals surface area contributed by atoms with E-state index in [0.29, 0.717) is 0 Å². The van der Waals surface area contributed by atoms with Crippen LogP contribution < -0.4 is 14.0 Å². The second-order valence-electron chi connectivity index (χ2n) is 1.98. The molecule has 5 heteroatoms. The summed E-state index contributed by atoms with van der Waals surface area (Å²) < 4.78 is 33.2. The van der Waals surface area contributed by atoms with Crippen molar-refractivity contribution in [2.75, 3.05) is 0 Å². The van der Waals surface area contributed by atoms with Gasteiger partial charge in [-0.2, -0.15) is 14.0 Å². The highest BCUT2D eigenvalue weighted by Crippen LogP contribution is 1.96. The molecule has 0 rings (SSSR count). The van der Waals surface area contributed by atoms with Crippen LogP contribution in [0.15, 0.2) is 12.3 Å². The fourth-order valence-corrected chi connectivity index (χ4v) is 0.688. The normalized spacial score (nSPS) is 12.4. The molecule has 0 saturated heterocycles. The topological polar surface area (TPSA) is 78.4 Å². The van der Waals surface area contributed by atoms with E-state index in [1.807, 2.05) is 6.92 Å². The summed E-state index contributed by atoms with van der Waals surface area (Å²) in [5.41, 5.74) is 0. The van der Waals surface area contributed by atoms with Crippen LogP contribution in [0.3, 0.4) is 0 Å². The Morgan fingerprint density at radius 2 is 2.00 bits per heavy atom. The van der Waals surface area contributed by atoms with E-state index in [4.69, 9.17) is 0 Å². The van der Waals surface area contributed by atoms with Crippen molar-refractivity contribution in [2.24, 2.45) is 0 Å². The van der Waals surface area contributed by atoms with Gasteiger partial charge in [-0.25, -0.2) is 0 Å². The van der Waals surface area contributed by atoms with Crippen molar-refractivity contribution in [3.05, 3.63) is 12.3 Å². The van der Waals surface area contributed by atoms with Crippen LogP contribution in [0, 0.1) is 10.2 Å². The molecule has 0 heterocycles. The summed E-state index contributed by atoms with van der Waals surface area (Å²) in [6, 6.07) is 0. The van der Waals surface area contributed by atoms with Crippen LogP contribution in [-0.2, 0) is 4.29 Å². The number of hydrogen-bond acceptors (Lipinski definition) is 4. The van der Waals surface area contributed by atoms with E-state index in [-0.39, 0.29) is 0 Å². The Morgan fingerprint density at radius 3 is 2.45 bits per heavy atom. The van der Waals surface area contributed by atoms with E-state index in [0.717, 1.165) is 25.5 Å². The van der Waals surface area contributed by atoms with E-state index in [9.17, 15) is 14.0 Å². The Kier molecular flexibility index (Phi) is 5.23. The van der Waals surface area contributed by atoms with Crippen LogP contribution in [0.25, 0.3) is 0 Å². The molecule has 0 aliphatic rings. The number of unbranched alkanes of at least 4 members (excludes halogenated alkanes) is 2. The Labute approximate surface area is 67.8 Å². The van der Waals surface area contributed by atoms with E-state index >= 15 is 0 Å². The van der Waals surface area contributed by atoms with Crippen LogP contribution in [0.2, 0.25) is 0 Å². The summed E-state index contributed by atoms with van der Waals surface area (Å²) in [5.74, 6) is 0. The first kappa shape index (κ1) is 10.7. The van der Waals surface area contributed by atoms with Gasteiger partial charge in [0.05, 0.1) is 0 Å². The SMILES string of the molecule is CCCC/C=C/O[Cl+3]([O-])([O-])[O-]. The fourth-order valence-electron chi connectivity index (χ4n) is 0.489. The highest BCUT2D eigenvalue weighted by molar-refractivity contribution is 4.71. The van der Waals surface area contributed by atoms with Crippen molar-refractivity contribution >= 4 is 0 Å². The minimum Gasteiger partial charge on any atom is -0.167 e. The van der Waals surface area contributed by atoms with Gasteiger partial charge in [0.2, 0.25) is 6.26 Å². The second kappa shape index (κ2) is 5.37. The molecule has 11 heavy (non-hydrogen) atoms.